The highest BCUT2D eigenvalue weighted by Gasteiger charge is 2.18. The lowest BCUT2D eigenvalue weighted by molar-refractivity contribution is 0.478. The van der Waals surface area contributed by atoms with E-state index in [0.717, 1.165) is 6.42 Å². The molecule has 2 aliphatic carbocycles. The minimum absolute atomic E-state index is 0.229. The van der Waals surface area contributed by atoms with Crippen molar-refractivity contribution in [2.45, 2.75) is 20.3 Å². The second kappa shape index (κ2) is 4.52. The molecule has 0 nitrogen and oxygen atoms in total. The third-order valence-electron chi connectivity index (χ3n) is 2.86. The molecule has 0 bridgehead atoms. The molecule has 0 heterocycles. The Morgan fingerprint density at radius 1 is 0.875 bits per heavy atom. The van der Waals surface area contributed by atoms with E-state index in [9.17, 15) is 0 Å². The van der Waals surface area contributed by atoms with E-state index in [0.29, 0.717) is 0 Å². The third-order valence-corrected chi connectivity index (χ3v) is 2.86. The van der Waals surface area contributed by atoms with E-state index >= 15 is 0 Å². The quantitative estimate of drug-likeness (QED) is 0.552. The highest BCUT2D eigenvalue weighted by atomic mass is 14.2. The van der Waals surface area contributed by atoms with Gasteiger partial charge in [0.2, 0.25) is 0 Å². The summed E-state index contributed by atoms with van der Waals surface area (Å²) < 4.78 is 0. The van der Waals surface area contributed by atoms with E-state index in [-0.39, 0.29) is 5.41 Å². The predicted molar refractivity (Wildman–Crippen MR) is 71.1 cm³/mol. The molecule has 0 aliphatic heterocycles. The fourth-order valence-corrected chi connectivity index (χ4v) is 2.01. The van der Waals surface area contributed by atoms with Gasteiger partial charge < -0.3 is 0 Å². The van der Waals surface area contributed by atoms with Crippen LogP contribution in [0.4, 0.5) is 0 Å². The Bertz CT molecular complexity index is 435. The van der Waals surface area contributed by atoms with Crippen LogP contribution < -0.4 is 0 Å². The lowest BCUT2D eigenvalue weighted by Crippen LogP contribution is -2.10. The lowest BCUT2D eigenvalue weighted by Gasteiger charge is -2.24. The predicted octanol–water partition coefficient (Wildman–Crippen LogP) is 4.51. The molecular formula is C16H18. The Hall–Kier alpha value is -1.56. The minimum Gasteiger partial charge on any atom is -0.0785 e. The molecule has 0 N–H and O–H groups in total. The van der Waals surface area contributed by atoms with Crippen LogP contribution in [0.2, 0.25) is 0 Å². The van der Waals surface area contributed by atoms with Gasteiger partial charge in [-0.25, -0.2) is 0 Å². The van der Waals surface area contributed by atoms with Crippen molar-refractivity contribution in [2.75, 3.05) is 0 Å². The first-order valence-corrected chi connectivity index (χ1v) is 5.78. The standard InChI is InChI=1S/C16H18/c1-16(2)12-8-7-10-14-9-5-3-4-6-11-15(14)13-16/h3-12H,13H2,1-2H3. The van der Waals surface area contributed by atoms with Crippen LogP contribution in [0.15, 0.2) is 71.9 Å². The maximum absolute atomic E-state index is 2.28. The molecule has 0 radical (unpaired) electrons. The van der Waals surface area contributed by atoms with Crippen molar-refractivity contribution >= 4 is 0 Å². The number of fused-ring (bicyclic) bond motifs is 1. The average Bonchev–Trinajstić information content (AvgIpc) is 2.18. The fourth-order valence-electron chi connectivity index (χ4n) is 2.01. The number of hydrogen-bond donors (Lipinski definition) is 0. The fraction of sp³-hybridized carbons (Fsp3) is 0.250. The van der Waals surface area contributed by atoms with Crippen LogP contribution in [0.1, 0.15) is 20.3 Å². The van der Waals surface area contributed by atoms with Crippen molar-refractivity contribution in [1.29, 1.82) is 0 Å². The summed E-state index contributed by atoms with van der Waals surface area (Å²) in [5, 5.41) is 0. The first kappa shape index (κ1) is 10.9. The van der Waals surface area contributed by atoms with Crippen LogP contribution in [-0.2, 0) is 0 Å². The Morgan fingerprint density at radius 2 is 1.62 bits per heavy atom. The lowest BCUT2D eigenvalue weighted by atomic mass is 9.81. The molecule has 0 spiro atoms. The van der Waals surface area contributed by atoms with Gasteiger partial charge in [-0.2, -0.15) is 0 Å². The molecule has 0 unspecified atom stereocenters. The van der Waals surface area contributed by atoms with Crippen LogP contribution in [0.25, 0.3) is 0 Å². The van der Waals surface area contributed by atoms with Crippen molar-refractivity contribution in [3.63, 3.8) is 0 Å². The van der Waals surface area contributed by atoms with Gasteiger partial charge in [0.05, 0.1) is 0 Å². The Labute approximate surface area is 98.1 Å². The first-order chi connectivity index (χ1) is 7.67. The maximum Gasteiger partial charge on any atom is -0.0131 e. The normalized spacial score (nSPS) is 22.4. The zero-order valence-corrected chi connectivity index (χ0v) is 9.98. The Balaban J connectivity index is 2.42. The summed E-state index contributed by atoms with van der Waals surface area (Å²) >= 11 is 0. The van der Waals surface area contributed by atoms with Crippen LogP contribution in [0.3, 0.4) is 0 Å². The summed E-state index contributed by atoms with van der Waals surface area (Å²) in [6.45, 7) is 4.55. The SMILES string of the molecule is CC1(C)C=CC=CC2=CC=CC=CC=C2C1. The van der Waals surface area contributed by atoms with E-state index in [4.69, 9.17) is 0 Å². The van der Waals surface area contributed by atoms with Gasteiger partial charge in [-0.15, -0.1) is 0 Å². The van der Waals surface area contributed by atoms with Crippen molar-refractivity contribution in [3.8, 4) is 0 Å². The second-order valence-electron chi connectivity index (χ2n) is 4.97. The molecule has 0 aromatic rings. The minimum atomic E-state index is 0.229. The van der Waals surface area contributed by atoms with Crippen LogP contribution in [-0.4, -0.2) is 0 Å². The summed E-state index contributed by atoms with van der Waals surface area (Å²) in [6.07, 6.45) is 22.6. The van der Waals surface area contributed by atoms with E-state index in [1.807, 2.05) is 0 Å². The van der Waals surface area contributed by atoms with E-state index in [1.165, 1.54) is 11.1 Å². The van der Waals surface area contributed by atoms with Crippen molar-refractivity contribution in [3.05, 3.63) is 71.9 Å². The van der Waals surface area contributed by atoms with Gasteiger partial charge in [0, 0.05) is 0 Å². The Kier molecular flexibility index (Phi) is 3.09. The van der Waals surface area contributed by atoms with E-state index in [1.54, 1.807) is 0 Å². The van der Waals surface area contributed by atoms with Gasteiger partial charge >= 0.3 is 0 Å². The monoisotopic (exact) mass is 210 g/mol. The van der Waals surface area contributed by atoms with E-state index in [2.05, 4.69) is 74.6 Å². The molecule has 82 valence electrons. The van der Waals surface area contributed by atoms with Gasteiger partial charge in [0.15, 0.2) is 0 Å². The molecular weight excluding hydrogens is 192 g/mol. The van der Waals surface area contributed by atoms with Gasteiger partial charge in [0.1, 0.15) is 0 Å². The maximum atomic E-state index is 2.28. The molecule has 0 fully saturated rings. The summed E-state index contributed by atoms with van der Waals surface area (Å²) in [5.74, 6) is 0. The molecule has 0 saturated carbocycles. The molecule has 0 atom stereocenters. The molecule has 0 saturated heterocycles. The molecule has 0 aromatic heterocycles. The van der Waals surface area contributed by atoms with Crippen LogP contribution in [0, 0.1) is 5.41 Å². The molecule has 0 amide bonds. The molecule has 16 heavy (non-hydrogen) atoms. The van der Waals surface area contributed by atoms with E-state index < -0.39 is 0 Å². The van der Waals surface area contributed by atoms with Gasteiger partial charge in [-0.3, -0.25) is 0 Å². The second-order valence-corrected chi connectivity index (χ2v) is 4.97. The number of rotatable bonds is 0. The van der Waals surface area contributed by atoms with Crippen molar-refractivity contribution < 1.29 is 0 Å². The number of hydrogen-bond acceptors (Lipinski definition) is 0. The van der Waals surface area contributed by atoms with Crippen LogP contribution >= 0.6 is 0 Å². The summed E-state index contributed by atoms with van der Waals surface area (Å²) in [4.78, 5) is 0. The van der Waals surface area contributed by atoms with Gasteiger partial charge in [-0.1, -0.05) is 74.6 Å². The summed E-state index contributed by atoms with van der Waals surface area (Å²) in [7, 11) is 0. The smallest absolute Gasteiger partial charge is 0.0131 e. The topological polar surface area (TPSA) is 0 Å². The Morgan fingerprint density at radius 3 is 2.44 bits per heavy atom. The zero-order valence-electron chi connectivity index (χ0n) is 9.98. The highest BCUT2D eigenvalue weighted by molar-refractivity contribution is 5.47. The van der Waals surface area contributed by atoms with Gasteiger partial charge in [-0.05, 0) is 23.0 Å². The zero-order chi connectivity index (χ0) is 11.4. The third kappa shape index (κ3) is 2.73. The summed E-state index contributed by atoms with van der Waals surface area (Å²) in [5.41, 5.74) is 2.95. The first-order valence-electron chi connectivity index (χ1n) is 5.78. The van der Waals surface area contributed by atoms with Crippen molar-refractivity contribution in [1.82, 2.24) is 0 Å². The average molecular weight is 210 g/mol. The van der Waals surface area contributed by atoms with Crippen molar-refractivity contribution in [2.24, 2.45) is 5.41 Å². The summed E-state index contributed by atoms with van der Waals surface area (Å²) in [6, 6.07) is 0. The van der Waals surface area contributed by atoms with Crippen LogP contribution in [0.5, 0.6) is 0 Å². The molecule has 0 heteroatoms. The highest BCUT2D eigenvalue weighted by Crippen LogP contribution is 2.32. The molecule has 2 aliphatic rings. The largest absolute Gasteiger partial charge is 0.0785 e. The number of allylic oxidation sites excluding steroid dienone is 12. The molecule has 2 rings (SSSR count). The van der Waals surface area contributed by atoms with Gasteiger partial charge in [0.25, 0.3) is 0 Å². The molecule has 0 aromatic carbocycles.